The molecular formula is C5H16Cl2N4O4. The highest BCUT2D eigenvalue weighted by Gasteiger charge is 2.09. The molecule has 94 valence electrons. The van der Waals surface area contributed by atoms with Gasteiger partial charge in [0, 0.05) is 6.54 Å². The van der Waals surface area contributed by atoms with E-state index >= 15 is 0 Å². The number of rotatable bonds is 4. The smallest absolute Gasteiger partial charge is 0.320 e. The minimum Gasteiger partial charge on any atom is -0.480 e. The van der Waals surface area contributed by atoms with Gasteiger partial charge in [-0.1, -0.05) is 0 Å². The van der Waals surface area contributed by atoms with Crippen LogP contribution >= 0.6 is 24.8 Å². The first kappa shape index (κ1) is 23.8. The van der Waals surface area contributed by atoms with Gasteiger partial charge in [0.2, 0.25) is 5.96 Å². The van der Waals surface area contributed by atoms with Gasteiger partial charge in [0.15, 0.2) is 0 Å². The maximum absolute atomic E-state index is 10.2. The highest BCUT2D eigenvalue weighted by atomic mass is 35.5. The number of aliphatic carboxylic acids is 1. The molecule has 0 aliphatic heterocycles. The number of nitrogens with two attached hydrogens (primary N) is 2. The number of carbonyl (C=O) groups is 1. The molecule has 0 saturated carbocycles. The highest BCUT2D eigenvalue weighted by molar-refractivity contribution is 5.85. The van der Waals surface area contributed by atoms with Gasteiger partial charge in [0.25, 0.3) is 0 Å². The molecule has 0 aromatic carbocycles. The van der Waals surface area contributed by atoms with E-state index in [2.05, 4.69) is 4.99 Å². The first-order valence-corrected chi connectivity index (χ1v) is 3.26. The molecular weight excluding hydrogens is 251 g/mol. The van der Waals surface area contributed by atoms with Crippen LogP contribution in [0, 0.1) is 0 Å². The quantitative estimate of drug-likeness (QED) is 0.226. The fourth-order valence-electron chi connectivity index (χ4n) is 0.483. The third-order valence-corrected chi connectivity index (χ3v) is 1.15. The molecule has 10 heteroatoms. The molecule has 0 saturated heterocycles. The standard InChI is InChI=1S/C5H12N4O3.2ClH.H2O/c6-3(4(10)11)1-2-8-5(7)9-12;;;/h3,12H,1-2,6H2,(H,10,11)(H3,7,8,9);2*1H;1H2/t3-;;;/m0.../s1. The number of nitrogens with zero attached hydrogens (tertiary/aromatic N) is 1. The molecule has 8 nitrogen and oxygen atoms in total. The first-order chi connectivity index (χ1) is 5.57. The molecule has 0 aliphatic rings. The van der Waals surface area contributed by atoms with Crippen molar-refractivity contribution in [1.82, 2.24) is 5.48 Å². The van der Waals surface area contributed by atoms with Gasteiger partial charge >= 0.3 is 5.97 Å². The number of aliphatic imine (C=N–C) groups is 1. The van der Waals surface area contributed by atoms with E-state index in [1.807, 2.05) is 0 Å². The normalized spacial score (nSPS) is 11.2. The number of halogens is 2. The second-order valence-electron chi connectivity index (χ2n) is 2.11. The van der Waals surface area contributed by atoms with Crippen LogP contribution in [0.2, 0.25) is 0 Å². The fraction of sp³-hybridized carbons (Fsp3) is 0.600. The number of nitrogens with one attached hydrogen (secondary N) is 1. The van der Waals surface area contributed by atoms with Crippen molar-refractivity contribution in [2.75, 3.05) is 6.54 Å². The van der Waals surface area contributed by atoms with Crippen LogP contribution in [0.3, 0.4) is 0 Å². The van der Waals surface area contributed by atoms with Crippen LogP contribution in [0.4, 0.5) is 0 Å². The van der Waals surface area contributed by atoms with E-state index in [1.54, 1.807) is 5.48 Å². The van der Waals surface area contributed by atoms with Gasteiger partial charge in [0.05, 0.1) is 0 Å². The minimum absolute atomic E-state index is 0. The largest absolute Gasteiger partial charge is 0.480 e. The lowest BCUT2D eigenvalue weighted by Crippen LogP contribution is -2.32. The van der Waals surface area contributed by atoms with Crippen molar-refractivity contribution < 1.29 is 20.6 Å². The van der Waals surface area contributed by atoms with Crippen LogP contribution in [0.15, 0.2) is 4.99 Å². The highest BCUT2D eigenvalue weighted by Crippen LogP contribution is 1.88. The average Bonchev–Trinajstić information content (AvgIpc) is 2.03. The topological polar surface area (TPSA) is 165 Å². The van der Waals surface area contributed by atoms with Gasteiger partial charge in [-0.2, -0.15) is 0 Å². The van der Waals surface area contributed by atoms with Crippen LogP contribution in [-0.4, -0.2) is 40.3 Å². The summed E-state index contributed by atoms with van der Waals surface area (Å²) in [5.74, 6) is -1.24. The van der Waals surface area contributed by atoms with Crippen LogP contribution in [-0.2, 0) is 4.79 Å². The van der Waals surface area contributed by atoms with Crippen molar-refractivity contribution in [2.24, 2.45) is 16.5 Å². The Kier molecular flexibility index (Phi) is 20.9. The molecule has 0 aromatic heterocycles. The van der Waals surface area contributed by atoms with Gasteiger partial charge in [-0.15, -0.1) is 24.8 Å². The zero-order valence-corrected chi connectivity index (χ0v) is 9.35. The lowest BCUT2D eigenvalue weighted by Gasteiger charge is -2.03. The van der Waals surface area contributed by atoms with Crippen LogP contribution in [0.25, 0.3) is 0 Å². The Labute approximate surface area is 98.8 Å². The van der Waals surface area contributed by atoms with E-state index < -0.39 is 12.0 Å². The van der Waals surface area contributed by atoms with Crippen molar-refractivity contribution in [3.05, 3.63) is 0 Å². The maximum Gasteiger partial charge on any atom is 0.320 e. The summed E-state index contributed by atoms with van der Waals surface area (Å²) < 4.78 is 0. The number of guanidine groups is 1. The Bertz CT molecular complexity index is 192. The molecule has 0 spiro atoms. The summed E-state index contributed by atoms with van der Waals surface area (Å²) in [4.78, 5) is 13.7. The summed E-state index contributed by atoms with van der Waals surface area (Å²) >= 11 is 0. The molecule has 0 aliphatic carbocycles. The molecule has 1 atom stereocenters. The monoisotopic (exact) mass is 266 g/mol. The number of hydrogen-bond donors (Lipinski definition) is 5. The lowest BCUT2D eigenvalue weighted by molar-refractivity contribution is -0.138. The Hall–Kier alpha value is -0.800. The van der Waals surface area contributed by atoms with Gasteiger partial charge < -0.3 is 22.1 Å². The van der Waals surface area contributed by atoms with Crippen molar-refractivity contribution >= 4 is 36.7 Å². The van der Waals surface area contributed by atoms with Gasteiger partial charge in [-0.3, -0.25) is 15.0 Å². The van der Waals surface area contributed by atoms with E-state index in [9.17, 15) is 4.79 Å². The number of hydroxylamine groups is 1. The van der Waals surface area contributed by atoms with E-state index in [-0.39, 0.29) is 49.2 Å². The molecule has 9 N–H and O–H groups in total. The predicted octanol–water partition coefficient (Wildman–Crippen LogP) is -1.90. The van der Waals surface area contributed by atoms with Crippen molar-refractivity contribution in [3.63, 3.8) is 0 Å². The molecule has 0 amide bonds. The van der Waals surface area contributed by atoms with E-state index in [1.165, 1.54) is 0 Å². The molecule has 0 fully saturated rings. The van der Waals surface area contributed by atoms with E-state index in [0.717, 1.165) is 0 Å². The van der Waals surface area contributed by atoms with Crippen LogP contribution in [0.5, 0.6) is 0 Å². The van der Waals surface area contributed by atoms with Gasteiger partial charge in [0.1, 0.15) is 6.04 Å². The molecule has 15 heavy (non-hydrogen) atoms. The van der Waals surface area contributed by atoms with Crippen molar-refractivity contribution in [2.45, 2.75) is 12.5 Å². The fourth-order valence-corrected chi connectivity index (χ4v) is 0.483. The summed E-state index contributed by atoms with van der Waals surface area (Å²) in [5.41, 5.74) is 11.8. The van der Waals surface area contributed by atoms with Crippen molar-refractivity contribution in [3.8, 4) is 0 Å². The number of carboxylic acid groups (broad SMARTS) is 1. The SMILES string of the molecule is Cl.Cl.NC(=NCC[C@H](N)C(=O)O)NO.O. The van der Waals surface area contributed by atoms with Gasteiger partial charge in [-0.05, 0) is 6.42 Å². The summed E-state index contributed by atoms with van der Waals surface area (Å²) in [5, 5.41) is 16.5. The Balaban J connectivity index is -0.000000202. The Morgan fingerprint density at radius 1 is 1.47 bits per heavy atom. The lowest BCUT2D eigenvalue weighted by atomic mass is 10.2. The second kappa shape index (κ2) is 13.2. The van der Waals surface area contributed by atoms with Gasteiger partial charge in [-0.25, -0.2) is 5.48 Å². The third-order valence-electron chi connectivity index (χ3n) is 1.15. The van der Waals surface area contributed by atoms with Crippen LogP contribution < -0.4 is 16.9 Å². The summed E-state index contributed by atoms with van der Waals surface area (Å²) in [6.07, 6.45) is 0.178. The summed E-state index contributed by atoms with van der Waals surface area (Å²) in [7, 11) is 0. The molecule has 0 heterocycles. The Morgan fingerprint density at radius 3 is 2.27 bits per heavy atom. The maximum atomic E-state index is 10.2. The van der Waals surface area contributed by atoms with Crippen LogP contribution in [0.1, 0.15) is 6.42 Å². The zero-order valence-electron chi connectivity index (χ0n) is 7.71. The number of hydrogen-bond acceptors (Lipinski definition) is 4. The Morgan fingerprint density at radius 2 is 1.93 bits per heavy atom. The van der Waals surface area contributed by atoms with E-state index in [0.29, 0.717) is 0 Å². The average molecular weight is 267 g/mol. The molecule has 0 unspecified atom stereocenters. The third kappa shape index (κ3) is 13.2. The predicted molar refractivity (Wildman–Crippen MR) is 59.7 cm³/mol. The van der Waals surface area contributed by atoms with E-state index in [4.69, 9.17) is 21.8 Å². The van der Waals surface area contributed by atoms with Crippen molar-refractivity contribution in [1.29, 1.82) is 0 Å². The summed E-state index contributed by atoms with van der Waals surface area (Å²) in [6, 6.07) is -0.944. The first-order valence-electron chi connectivity index (χ1n) is 3.26. The number of carboxylic acids is 1. The summed E-state index contributed by atoms with van der Waals surface area (Å²) in [6.45, 7) is 0.160. The zero-order chi connectivity index (χ0) is 9.56. The molecule has 0 bridgehead atoms. The minimum atomic E-state index is -1.08. The molecule has 0 rings (SSSR count). The second-order valence-corrected chi connectivity index (χ2v) is 2.11. The molecule has 0 radical (unpaired) electrons. The molecule has 0 aromatic rings.